The van der Waals surface area contributed by atoms with Gasteiger partial charge in [0.2, 0.25) is 0 Å². The molecule has 0 unspecified atom stereocenters. The Balaban J connectivity index is 3.15. The van der Waals surface area contributed by atoms with Crippen LogP contribution in [0.25, 0.3) is 0 Å². The Morgan fingerprint density at radius 3 is 2.53 bits per heavy atom. The van der Waals surface area contributed by atoms with Gasteiger partial charge in [0, 0.05) is 10.1 Å². The molecule has 0 aliphatic rings. The number of aromatic carboxylic acids is 1. The van der Waals surface area contributed by atoms with Gasteiger partial charge in [0.25, 0.3) is 5.91 Å². The lowest BCUT2D eigenvalue weighted by atomic mass is 10.1. The molecule has 0 saturated heterocycles. The fourth-order valence-electron chi connectivity index (χ4n) is 1.13. The molecule has 0 aromatic heterocycles. The van der Waals surface area contributed by atoms with E-state index in [0.717, 1.165) is 0 Å². The van der Waals surface area contributed by atoms with Crippen molar-refractivity contribution < 1.29 is 14.7 Å². The summed E-state index contributed by atoms with van der Waals surface area (Å²) in [7, 11) is 0. The average molecular weight is 319 g/mol. The third-order valence-corrected chi connectivity index (χ3v) is 2.97. The maximum atomic E-state index is 11.5. The zero-order valence-corrected chi connectivity index (χ0v) is 10.2. The molecule has 5 heteroatoms. The summed E-state index contributed by atoms with van der Waals surface area (Å²) in [5.41, 5.74) is 0.553. The number of nitrogens with one attached hydrogen (secondary N) is 1. The van der Waals surface area contributed by atoms with Crippen LogP contribution >= 0.6 is 22.6 Å². The van der Waals surface area contributed by atoms with Crippen LogP contribution in [0.15, 0.2) is 18.2 Å². The SMILES string of the molecule is CCNC(=O)c1cccc(C(=O)O)c1I. The summed E-state index contributed by atoms with van der Waals surface area (Å²) < 4.78 is 0.466. The molecule has 0 aliphatic heterocycles. The minimum Gasteiger partial charge on any atom is -0.478 e. The van der Waals surface area contributed by atoms with Gasteiger partial charge in [0.1, 0.15) is 0 Å². The summed E-state index contributed by atoms with van der Waals surface area (Å²) in [5.74, 6) is -1.27. The van der Waals surface area contributed by atoms with E-state index < -0.39 is 5.97 Å². The van der Waals surface area contributed by atoms with Crippen LogP contribution in [-0.4, -0.2) is 23.5 Å². The first-order valence-corrected chi connectivity index (χ1v) is 5.45. The fraction of sp³-hybridized carbons (Fsp3) is 0.200. The molecule has 0 fully saturated rings. The van der Waals surface area contributed by atoms with Crippen molar-refractivity contribution in [3.8, 4) is 0 Å². The van der Waals surface area contributed by atoms with Crippen molar-refractivity contribution in [3.63, 3.8) is 0 Å². The number of carboxylic acids is 1. The Bertz CT molecular complexity index is 404. The van der Waals surface area contributed by atoms with E-state index in [1.165, 1.54) is 6.07 Å². The molecule has 4 nitrogen and oxygen atoms in total. The second-order valence-corrected chi connectivity index (χ2v) is 3.91. The number of carbonyl (C=O) groups is 2. The molecule has 80 valence electrons. The highest BCUT2D eigenvalue weighted by atomic mass is 127. The van der Waals surface area contributed by atoms with Crippen molar-refractivity contribution in [2.75, 3.05) is 6.54 Å². The lowest BCUT2D eigenvalue weighted by Gasteiger charge is -2.06. The molecule has 0 heterocycles. The number of carboxylic acid groups (broad SMARTS) is 1. The summed E-state index contributed by atoms with van der Waals surface area (Å²) >= 11 is 1.87. The quantitative estimate of drug-likeness (QED) is 0.834. The highest BCUT2D eigenvalue weighted by Gasteiger charge is 2.15. The number of benzene rings is 1. The van der Waals surface area contributed by atoms with Gasteiger partial charge in [-0.25, -0.2) is 4.79 Å². The normalized spacial score (nSPS) is 9.73. The first kappa shape index (κ1) is 12.0. The molecular weight excluding hydrogens is 309 g/mol. The van der Waals surface area contributed by atoms with Gasteiger partial charge >= 0.3 is 5.97 Å². The molecule has 15 heavy (non-hydrogen) atoms. The second-order valence-electron chi connectivity index (χ2n) is 2.83. The number of amides is 1. The third-order valence-electron chi connectivity index (χ3n) is 1.81. The third kappa shape index (κ3) is 2.68. The molecule has 1 aromatic carbocycles. The van der Waals surface area contributed by atoms with Crippen LogP contribution in [0.5, 0.6) is 0 Å². The van der Waals surface area contributed by atoms with Crippen molar-refractivity contribution in [2.45, 2.75) is 6.92 Å². The number of halogens is 1. The van der Waals surface area contributed by atoms with Gasteiger partial charge in [0.15, 0.2) is 0 Å². The summed E-state index contributed by atoms with van der Waals surface area (Å²) in [5, 5.41) is 11.5. The zero-order chi connectivity index (χ0) is 11.4. The fourth-order valence-corrected chi connectivity index (χ4v) is 1.96. The highest BCUT2D eigenvalue weighted by molar-refractivity contribution is 14.1. The average Bonchev–Trinajstić information content (AvgIpc) is 2.17. The van der Waals surface area contributed by atoms with Crippen LogP contribution in [0, 0.1) is 3.57 Å². The van der Waals surface area contributed by atoms with E-state index in [1.54, 1.807) is 12.1 Å². The number of hydrogen-bond acceptors (Lipinski definition) is 2. The molecule has 0 radical (unpaired) electrons. The molecular formula is C10H10INO3. The maximum absolute atomic E-state index is 11.5. The monoisotopic (exact) mass is 319 g/mol. The Kier molecular flexibility index (Phi) is 4.07. The van der Waals surface area contributed by atoms with Crippen molar-refractivity contribution in [3.05, 3.63) is 32.9 Å². The van der Waals surface area contributed by atoms with Crippen molar-refractivity contribution >= 4 is 34.5 Å². The van der Waals surface area contributed by atoms with Crippen molar-refractivity contribution in [2.24, 2.45) is 0 Å². The maximum Gasteiger partial charge on any atom is 0.336 e. The number of rotatable bonds is 3. The van der Waals surface area contributed by atoms with Gasteiger partial charge in [-0.15, -0.1) is 0 Å². The van der Waals surface area contributed by atoms with Gasteiger partial charge in [-0.1, -0.05) is 6.07 Å². The molecule has 0 spiro atoms. The van der Waals surface area contributed by atoms with Crippen LogP contribution in [0.2, 0.25) is 0 Å². The second kappa shape index (κ2) is 5.11. The summed E-state index contributed by atoms with van der Waals surface area (Å²) in [6.07, 6.45) is 0. The van der Waals surface area contributed by atoms with Crippen molar-refractivity contribution in [1.82, 2.24) is 5.32 Å². The molecule has 0 atom stereocenters. The first-order chi connectivity index (χ1) is 7.07. The predicted octanol–water partition coefficient (Wildman–Crippen LogP) is 1.74. The molecule has 0 bridgehead atoms. The highest BCUT2D eigenvalue weighted by Crippen LogP contribution is 2.17. The first-order valence-electron chi connectivity index (χ1n) is 4.38. The molecule has 1 rings (SSSR count). The predicted molar refractivity (Wildman–Crippen MR) is 64.1 cm³/mol. The van der Waals surface area contributed by atoms with Crippen LogP contribution in [-0.2, 0) is 0 Å². The summed E-state index contributed by atoms with van der Waals surface area (Å²) in [4.78, 5) is 22.3. The minimum atomic E-state index is -1.02. The topological polar surface area (TPSA) is 66.4 Å². The number of hydrogen-bond donors (Lipinski definition) is 2. The molecule has 0 saturated carbocycles. The van der Waals surface area contributed by atoms with Crippen molar-refractivity contribution in [1.29, 1.82) is 0 Å². The van der Waals surface area contributed by atoms with Crippen LogP contribution in [0.4, 0.5) is 0 Å². The van der Waals surface area contributed by atoms with Gasteiger partial charge in [-0.3, -0.25) is 4.79 Å². The Labute approximate surface area is 101 Å². The van der Waals surface area contributed by atoms with E-state index in [1.807, 2.05) is 29.5 Å². The summed E-state index contributed by atoms with van der Waals surface area (Å²) in [6.45, 7) is 2.33. The Hall–Kier alpha value is -1.11. The lowest BCUT2D eigenvalue weighted by molar-refractivity contribution is 0.0695. The Morgan fingerprint density at radius 1 is 1.40 bits per heavy atom. The van der Waals surface area contributed by atoms with E-state index in [4.69, 9.17) is 5.11 Å². The minimum absolute atomic E-state index is 0.152. The smallest absolute Gasteiger partial charge is 0.336 e. The van der Waals surface area contributed by atoms with E-state index in [9.17, 15) is 9.59 Å². The molecule has 1 amide bonds. The number of carbonyl (C=O) groups excluding carboxylic acids is 1. The van der Waals surface area contributed by atoms with E-state index in [0.29, 0.717) is 15.7 Å². The lowest BCUT2D eigenvalue weighted by Crippen LogP contribution is -2.24. The van der Waals surface area contributed by atoms with Crippen LogP contribution in [0.3, 0.4) is 0 Å². The Morgan fingerprint density at radius 2 is 2.00 bits per heavy atom. The molecule has 0 aliphatic carbocycles. The van der Waals surface area contributed by atoms with Gasteiger partial charge in [-0.2, -0.15) is 0 Å². The van der Waals surface area contributed by atoms with E-state index >= 15 is 0 Å². The van der Waals surface area contributed by atoms with E-state index in [-0.39, 0.29) is 11.5 Å². The van der Waals surface area contributed by atoms with Crippen LogP contribution < -0.4 is 5.32 Å². The van der Waals surface area contributed by atoms with Crippen LogP contribution in [0.1, 0.15) is 27.6 Å². The largest absolute Gasteiger partial charge is 0.478 e. The van der Waals surface area contributed by atoms with E-state index in [2.05, 4.69) is 5.32 Å². The summed E-state index contributed by atoms with van der Waals surface area (Å²) in [6, 6.07) is 4.65. The molecule has 2 N–H and O–H groups in total. The van der Waals surface area contributed by atoms with Gasteiger partial charge in [-0.05, 0) is 41.6 Å². The standard InChI is InChI=1S/C10H10INO3/c1-2-12-9(13)6-4-3-5-7(8(6)11)10(14)15/h3-5H,2H2,1H3,(H,12,13)(H,14,15). The van der Waals surface area contributed by atoms with Gasteiger partial charge < -0.3 is 10.4 Å². The molecule has 1 aromatic rings. The van der Waals surface area contributed by atoms with Gasteiger partial charge in [0.05, 0.1) is 11.1 Å². The zero-order valence-electron chi connectivity index (χ0n) is 8.08.